The van der Waals surface area contributed by atoms with Crippen LogP contribution in [-0.2, 0) is 14.9 Å². The number of carbonyl (C=O) groups is 1. The molecule has 0 bridgehead atoms. The van der Waals surface area contributed by atoms with E-state index >= 15 is 0 Å². The van der Waals surface area contributed by atoms with Gasteiger partial charge in [0.15, 0.2) is 0 Å². The fourth-order valence-electron chi connectivity index (χ4n) is 1.81. The zero-order chi connectivity index (χ0) is 16.9. The van der Waals surface area contributed by atoms with Gasteiger partial charge in [-0.3, -0.25) is 4.79 Å². The van der Waals surface area contributed by atoms with E-state index in [1.165, 1.54) is 24.3 Å². The minimum Gasteiger partial charge on any atom is -0.379 e. The Bertz CT molecular complexity index is 776. The first-order chi connectivity index (χ1) is 10.9. The maximum absolute atomic E-state index is 12.2. The van der Waals surface area contributed by atoms with Gasteiger partial charge in [0.1, 0.15) is 10.6 Å². The molecule has 6 nitrogen and oxygen atoms in total. The summed E-state index contributed by atoms with van der Waals surface area (Å²) in [7, 11) is -3.92. The quantitative estimate of drug-likeness (QED) is 0.789. The molecular weight excluding hydrogens is 316 g/mol. The molecule has 1 atom stereocenters. The van der Waals surface area contributed by atoms with Crippen LogP contribution in [0.5, 0.6) is 5.75 Å². The van der Waals surface area contributed by atoms with E-state index in [0.717, 1.165) is 0 Å². The molecular formula is C16H18N2O4S. The molecule has 0 aliphatic rings. The van der Waals surface area contributed by atoms with Crippen LogP contribution in [-0.4, -0.2) is 20.4 Å². The van der Waals surface area contributed by atoms with Crippen molar-refractivity contribution in [1.82, 2.24) is 0 Å². The van der Waals surface area contributed by atoms with E-state index in [9.17, 15) is 13.2 Å². The molecule has 23 heavy (non-hydrogen) atoms. The fraction of sp³-hybridized carbons (Fsp3) is 0.188. The van der Waals surface area contributed by atoms with Gasteiger partial charge < -0.3 is 15.2 Å². The lowest BCUT2D eigenvalue weighted by Gasteiger charge is -2.11. The van der Waals surface area contributed by atoms with Gasteiger partial charge in [-0.2, -0.15) is 8.42 Å². The van der Waals surface area contributed by atoms with E-state index < -0.39 is 16.2 Å². The first kappa shape index (κ1) is 17.0. The van der Waals surface area contributed by atoms with Crippen LogP contribution in [0.25, 0.3) is 0 Å². The zero-order valence-electron chi connectivity index (χ0n) is 12.6. The highest BCUT2D eigenvalue weighted by atomic mass is 32.2. The fourth-order valence-corrected chi connectivity index (χ4v) is 2.75. The Morgan fingerprint density at radius 2 is 1.87 bits per heavy atom. The smallest absolute Gasteiger partial charge is 0.339 e. The average Bonchev–Trinajstić information content (AvgIpc) is 2.54. The molecule has 0 radical (unpaired) electrons. The second-order valence-electron chi connectivity index (χ2n) is 4.88. The largest absolute Gasteiger partial charge is 0.379 e. The number of benzene rings is 2. The molecule has 0 fully saturated rings. The average molecular weight is 334 g/mol. The molecule has 122 valence electrons. The summed E-state index contributed by atoms with van der Waals surface area (Å²) in [5, 5.41) is 2.62. The van der Waals surface area contributed by atoms with Crippen molar-refractivity contribution in [3.63, 3.8) is 0 Å². The van der Waals surface area contributed by atoms with Crippen LogP contribution in [0.2, 0.25) is 0 Å². The van der Waals surface area contributed by atoms with Crippen molar-refractivity contribution in [2.45, 2.75) is 24.3 Å². The number of hydrogen-bond acceptors (Lipinski definition) is 5. The van der Waals surface area contributed by atoms with E-state index in [0.29, 0.717) is 12.1 Å². The first-order valence-electron chi connectivity index (χ1n) is 7.08. The van der Waals surface area contributed by atoms with Crippen LogP contribution in [0.3, 0.4) is 0 Å². The lowest BCUT2D eigenvalue weighted by atomic mass is 10.2. The molecule has 2 aromatic carbocycles. The van der Waals surface area contributed by atoms with E-state index in [-0.39, 0.29) is 16.6 Å². The number of anilines is 1. The number of amides is 1. The maximum atomic E-state index is 12.2. The van der Waals surface area contributed by atoms with Gasteiger partial charge >= 0.3 is 10.1 Å². The summed E-state index contributed by atoms with van der Waals surface area (Å²) in [6, 6.07) is 13.3. The van der Waals surface area contributed by atoms with E-state index in [4.69, 9.17) is 9.92 Å². The van der Waals surface area contributed by atoms with Gasteiger partial charge in [-0.15, -0.1) is 0 Å². The van der Waals surface area contributed by atoms with Crippen molar-refractivity contribution < 1.29 is 17.4 Å². The van der Waals surface area contributed by atoms with Gasteiger partial charge in [0, 0.05) is 11.8 Å². The van der Waals surface area contributed by atoms with Crippen molar-refractivity contribution in [2.75, 3.05) is 5.32 Å². The van der Waals surface area contributed by atoms with Gasteiger partial charge in [0.2, 0.25) is 5.91 Å². The monoisotopic (exact) mass is 334 g/mol. The standard InChI is InChI=1S/C16H18N2O4S/c1-2-15(17)16(19)18-12-7-6-8-13(11-12)22-23(20,21)14-9-4-3-5-10-14/h3-11,15H,2,17H2,1H3,(H,18,19). The van der Waals surface area contributed by atoms with Crippen LogP contribution in [0.1, 0.15) is 13.3 Å². The van der Waals surface area contributed by atoms with Crippen molar-refractivity contribution in [1.29, 1.82) is 0 Å². The van der Waals surface area contributed by atoms with Crippen LogP contribution in [0, 0.1) is 0 Å². The molecule has 0 aliphatic heterocycles. The SMILES string of the molecule is CCC(N)C(=O)Nc1cccc(OS(=O)(=O)c2ccccc2)c1. The minimum atomic E-state index is -3.92. The van der Waals surface area contributed by atoms with E-state index in [1.54, 1.807) is 37.3 Å². The normalized spacial score (nSPS) is 12.4. The lowest BCUT2D eigenvalue weighted by molar-refractivity contribution is -0.117. The highest BCUT2D eigenvalue weighted by molar-refractivity contribution is 7.87. The van der Waals surface area contributed by atoms with Crippen molar-refractivity contribution >= 4 is 21.7 Å². The van der Waals surface area contributed by atoms with Gasteiger partial charge in [0.05, 0.1) is 6.04 Å². The summed E-state index contributed by atoms with van der Waals surface area (Å²) < 4.78 is 29.4. The highest BCUT2D eigenvalue weighted by Gasteiger charge is 2.17. The Morgan fingerprint density at radius 3 is 2.52 bits per heavy atom. The molecule has 1 amide bonds. The number of nitrogens with one attached hydrogen (secondary N) is 1. The molecule has 3 N–H and O–H groups in total. The summed E-state index contributed by atoms with van der Waals surface area (Å²) in [6.45, 7) is 1.80. The topological polar surface area (TPSA) is 98.5 Å². The molecule has 0 saturated carbocycles. The third-order valence-electron chi connectivity index (χ3n) is 3.12. The molecule has 0 saturated heterocycles. The van der Waals surface area contributed by atoms with Crippen molar-refractivity contribution in [3.8, 4) is 5.75 Å². The number of carbonyl (C=O) groups excluding carboxylic acids is 1. The van der Waals surface area contributed by atoms with Gasteiger partial charge in [0.25, 0.3) is 0 Å². The number of hydrogen-bond donors (Lipinski definition) is 2. The molecule has 0 spiro atoms. The Balaban J connectivity index is 2.16. The van der Waals surface area contributed by atoms with E-state index in [1.807, 2.05) is 0 Å². The Morgan fingerprint density at radius 1 is 1.17 bits per heavy atom. The molecule has 0 aromatic heterocycles. The number of nitrogens with two attached hydrogens (primary N) is 1. The van der Waals surface area contributed by atoms with Gasteiger partial charge in [-0.05, 0) is 30.7 Å². The zero-order valence-corrected chi connectivity index (χ0v) is 13.4. The summed E-state index contributed by atoms with van der Waals surface area (Å²) in [5.74, 6) is -0.229. The summed E-state index contributed by atoms with van der Waals surface area (Å²) in [5.41, 5.74) is 6.06. The first-order valence-corrected chi connectivity index (χ1v) is 8.49. The van der Waals surface area contributed by atoms with Crippen molar-refractivity contribution in [2.24, 2.45) is 5.73 Å². The Labute approximate surface area is 135 Å². The molecule has 0 aliphatic carbocycles. The Hall–Kier alpha value is -2.38. The maximum Gasteiger partial charge on any atom is 0.339 e. The summed E-state index contributed by atoms with van der Waals surface area (Å²) in [6.07, 6.45) is 0.504. The van der Waals surface area contributed by atoms with Crippen LogP contribution in [0.15, 0.2) is 59.5 Å². The molecule has 1 unspecified atom stereocenters. The van der Waals surface area contributed by atoms with Crippen LogP contribution >= 0.6 is 0 Å². The Kier molecular flexibility index (Phi) is 5.36. The molecule has 7 heteroatoms. The van der Waals surface area contributed by atoms with Crippen LogP contribution < -0.4 is 15.2 Å². The third kappa shape index (κ3) is 4.54. The van der Waals surface area contributed by atoms with Crippen LogP contribution in [0.4, 0.5) is 5.69 Å². The van der Waals surface area contributed by atoms with Gasteiger partial charge in [-0.25, -0.2) is 0 Å². The number of rotatable bonds is 6. The lowest BCUT2D eigenvalue weighted by Crippen LogP contribution is -2.34. The summed E-state index contributed by atoms with van der Waals surface area (Å²) in [4.78, 5) is 11.8. The van der Waals surface area contributed by atoms with Gasteiger partial charge in [-0.1, -0.05) is 31.2 Å². The second kappa shape index (κ2) is 7.26. The molecule has 2 aromatic rings. The molecule has 2 rings (SSSR count). The second-order valence-corrected chi connectivity index (χ2v) is 6.43. The third-order valence-corrected chi connectivity index (χ3v) is 4.38. The van der Waals surface area contributed by atoms with E-state index in [2.05, 4.69) is 5.32 Å². The predicted octanol–water partition coefficient (Wildman–Crippen LogP) is 2.13. The van der Waals surface area contributed by atoms with Crippen molar-refractivity contribution in [3.05, 3.63) is 54.6 Å². The minimum absolute atomic E-state index is 0.0578. The highest BCUT2D eigenvalue weighted by Crippen LogP contribution is 2.22. The predicted molar refractivity (Wildman–Crippen MR) is 87.6 cm³/mol. The molecule has 0 heterocycles. The summed E-state index contributed by atoms with van der Waals surface area (Å²) >= 11 is 0.